The van der Waals surface area contributed by atoms with E-state index in [2.05, 4.69) is 20.5 Å². The van der Waals surface area contributed by atoms with Gasteiger partial charge in [-0.3, -0.25) is 4.79 Å². The Bertz CT molecular complexity index is 896. The van der Waals surface area contributed by atoms with E-state index in [0.29, 0.717) is 17.3 Å². The smallest absolute Gasteiger partial charge is 0.230 e. The third kappa shape index (κ3) is 4.13. The molecule has 0 unspecified atom stereocenters. The first-order valence-corrected chi connectivity index (χ1v) is 9.68. The number of thioether (sulfide) groups is 1. The van der Waals surface area contributed by atoms with Gasteiger partial charge in [-0.25, -0.2) is 9.37 Å². The molecular formula is C17H17FN4OS2. The molecule has 0 bridgehead atoms. The van der Waals surface area contributed by atoms with Crippen molar-refractivity contribution in [1.82, 2.24) is 20.5 Å². The number of nitrogens with one attached hydrogen (secondary N) is 1. The molecule has 2 aromatic heterocycles. The number of halogens is 1. The van der Waals surface area contributed by atoms with Crippen LogP contribution in [0.25, 0.3) is 21.5 Å². The molecule has 130 valence electrons. The summed E-state index contributed by atoms with van der Waals surface area (Å²) in [5.74, 6) is -0.0500. The van der Waals surface area contributed by atoms with E-state index < -0.39 is 0 Å². The van der Waals surface area contributed by atoms with E-state index >= 15 is 0 Å². The maximum atomic E-state index is 13.2. The number of thiazole rings is 1. The molecule has 0 spiro atoms. The summed E-state index contributed by atoms with van der Waals surface area (Å²) >= 11 is 2.85. The molecule has 0 radical (unpaired) electrons. The van der Waals surface area contributed by atoms with Crippen LogP contribution in [0.4, 0.5) is 4.39 Å². The molecule has 0 atom stereocenters. The highest BCUT2D eigenvalue weighted by Gasteiger charge is 2.16. The fraction of sp³-hybridized carbons (Fsp3) is 0.294. The van der Waals surface area contributed by atoms with Gasteiger partial charge < -0.3 is 5.32 Å². The van der Waals surface area contributed by atoms with Crippen molar-refractivity contribution in [2.24, 2.45) is 0 Å². The van der Waals surface area contributed by atoms with Crippen molar-refractivity contribution in [2.75, 3.05) is 12.3 Å². The summed E-state index contributed by atoms with van der Waals surface area (Å²) in [6, 6.07) is 6.16. The topological polar surface area (TPSA) is 67.8 Å². The van der Waals surface area contributed by atoms with E-state index in [1.54, 1.807) is 12.1 Å². The minimum absolute atomic E-state index is 0.0311. The van der Waals surface area contributed by atoms with Crippen LogP contribution in [-0.2, 0) is 4.79 Å². The van der Waals surface area contributed by atoms with Gasteiger partial charge in [0, 0.05) is 12.1 Å². The Morgan fingerprint density at radius 3 is 2.76 bits per heavy atom. The van der Waals surface area contributed by atoms with Gasteiger partial charge >= 0.3 is 0 Å². The zero-order chi connectivity index (χ0) is 17.8. The molecule has 2 heterocycles. The van der Waals surface area contributed by atoms with Crippen molar-refractivity contribution < 1.29 is 9.18 Å². The maximum absolute atomic E-state index is 13.2. The zero-order valence-corrected chi connectivity index (χ0v) is 15.5. The molecular weight excluding hydrogens is 359 g/mol. The van der Waals surface area contributed by atoms with Crippen molar-refractivity contribution in [2.45, 2.75) is 25.3 Å². The lowest BCUT2D eigenvalue weighted by atomic mass is 10.1. The number of nitrogens with zero attached hydrogens (tertiary/aromatic N) is 3. The van der Waals surface area contributed by atoms with Crippen LogP contribution >= 0.6 is 23.1 Å². The number of rotatable bonds is 6. The molecule has 1 aromatic carbocycles. The average molecular weight is 376 g/mol. The number of hydrogen-bond donors (Lipinski definition) is 1. The van der Waals surface area contributed by atoms with Crippen LogP contribution in [0.3, 0.4) is 0 Å². The van der Waals surface area contributed by atoms with Gasteiger partial charge in [0.15, 0.2) is 0 Å². The Kier molecular flexibility index (Phi) is 5.60. The van der Waals surface area contributed by atoms with Gasteiger partial charge in [0.05, 0.1) is 15.5 Å². The lowest BCUT2D eigenvalue weighted by Gasteiger charge is -2.05. The number of fused-ring (bicyclic) bond motifs is 1. The number of hydrogen-bond acceptors (Lipinski definition) is 6. The van der Waals surface area contributed by atoms with E-state index in [1.165, 1.54) is 35.2 Å². The van der Waals surface area contributed by atoms with Crippen molar-refractivity contribution in [1.29, 1.82) is 0 Å². The Balaban J connectivity index is 1.91. The summed E-state index contributed by atoms with van der Waals surface area (Å²) in [6.45, 7) is 4.59. The first-order valence-electron chi connectivity index (χ1n) is 7.87. The van der Waals surface area contributed by atoms with Crippen LogP contribution < -0.4 is 5.32 Å². The minimum Gasteiger partial charge on any atom is -0.355 e. The predicted molar refractivity (Wildman–Crippen MR) is 99.4 cm³/mol. The van der Waals surface area contributed by atoms with Gasteiger partial charge in [-0.2, -0.15) is 0 Å². The van der Waals surface area contributed by atoms with Crippen LogP contribution in [0.5, 0.6) is 0 Å². The Morgan fingerprint density at radius 1 is 1.28 bits per heavy atom. The van der Waals surface area contributed by atoms with Crippen LogP contribution in [-0.4, -0.2) is 33.4 Å². The molecule has 25 heavy (non-hydrogen) atoms. The highest BCUT2D eigenvalue weighted by Crippen LogP contribution is 2.35. The number of aryl methyl sites for hydroxylation is 1. The van der Waals surface area contributed by atoms with Gasteiger partial charge in [-0.1, -0.05) is 18.7 Å². The van der Waals surface area contributed by atoms with Crippen LogP contribution in [0, 0.1) is 12.7 Å². The quantitative estimate of drug-likeness (QED) is 0.663. The van der Waals surface area contributed by atoms with Crippen molar-refractivity contribution in [3.63, 3.8) is 0 Å². The molecule has 0 saturated heterocycles. The molecule has 0 fully saturated rings. The summed E-state index contributed by atoms with van der Waals surface area (Å²) in [6.07, 6.45) is 0.901. The van der Waals surface area contributed by atoms with E-state index in [4.69, 9.17) is 0 Å². The fourth-order valence-corrected chi connectivity index (χ4v) is 4.01. The van der Waals surface area contributed by atoms with Gasteiger partial charge in [-0.15, -0.1) is 21.5 Å². The summed E-state index contributed by atoms with van der Waals surface area (Å²) in [5.41, 5.74) is 2.21. The van der Waals surface area contributed by atoms with Crippen molar-refractivity contribution >= 4 is 39.2 Å². The monoisotopic (exact) mass is 376 g/mol. The fourth-order valence-electron chi connectivity index (χ4n) is 2.26. The van der Waals surface area contributed by atoms with E-state index in [-0.39, 0.29) is 17.5 Å². The second-order valence-electron chi connectivity index (χ2n) is 5.41. The van der Waals surface area contributed by atoms with E-state index in [1.807, 2.05) is 13.8 Å². The third-order valence-corrected chi connectivity index (χ3v) is 5.35. The molecule has 1 N–H and O–H groups in total. The van der Waals surface area contributed by atoms with Crippen LogP contribution in [0.1, 0.15) is 18.4 Å². The standard InChI is InChI=1S/C17H17FN4OS2/c1-3-8-19-13(23)9-24-17-15-16(25-10(2)20-15)14(21-22-17)11-4-6-12(18)7-5-11/h4-7H,3,8-9H2,1-2H3,(H,19,23). The van der Waals surface area contributed by atoms with Gasteiger partial charge in [-0.05, 0) is 37.6 Å². The average Bonchev–Trinajstić information content (AvgIpc) is 3.00. The molecule has 3 rings (SSSR count). The number of aromatic nitrogens is 3. The second kappa shape index (κ2) is 7.88. The molecule has 1 amide bonds. The first kappa shape index (κ1) is 17.8. The SMILES string of the molecule is CCCNC(=O)CSc1nnc(-c2ccc(F)cc2)c2sc(C)nc12. The largest absolute Gasteiger partial charge is 0.355 e. The van der Waals surface area contributed by atoms with E-state index in [9.17, 15) is 9.18 Å². The highest BCUT2D eigenvalue weighted by molar-refractivity contribution is 8.00. The predicted octanol–water partition coefficient (Wildman–Crippen LogP) is 3.82. The van der Waals surface area contributed by atoms with Crippen LogP contribution in [0.2, 0.25) is 0 Å². The Labute approximate surface area is 153 Å². The van der Waals surface area contributed by atoms with Gasteiger partial charge in [0.25, 0.3) is 0 Å². The second-order valence-corrected chi connectivity index (χ2v) is 7.58. The lowest BCUT2D eigenvalue weighted by Crippen LogP contribution is -2.25. The van der Waals surface area contributed by atoms with Crippen molar-refractivity contribution in [3.05, 3.63) is 35.1 Å². The number of carbonyl (C=O) groups is 1. The molecule has 3 aromatic rings. The van der Waals surface area contributed by atoms with Gasteiger partial charge in [0.1, 0.15) is 22.1 Å². The molecule has 5 nitrogen and oxygen atoms in total. The molecule has 0 aliphatic carbocycles. The summed E-state index contributed by atoms with van der Waals surface area (Å²) in [5, 5.41) is 12.9. The third-order valence-electron chi connectivity index (χ3n) is 3.42. The molecule has 0 aliphatic rings. The number of benzene rings is 1. The normalized spacial score (nSPS) is 11.0. The lowest BCUT2D eigenvalue weighted by molar-refractivity contribution is -0.118. The molecule has 0 aliphatic heterocycles. The zero-order valence-electron chi connectivity index (χ0n) is 13.9. The molecule has 8 heteroatoms. The van der Waals surface area contributed by atoms with Crippen molar-refractivity contribution in [3.8, 4) is 11.3 Å². The summed E-state index contributed by atoms with van der Waals surface area (Å²) < 4.78 is 14.1. The number of amides is 1. The Hall–Kier alpha value is -2.06. The Morgan fingerprint density at radius 2 is 2.04 bits per heavy atom. The maximum Gasteiger partial charge on any atom is 0.230 e. The highest BCUT2D eigenvalue weighted by atomic mass is 32.2. The molecule has 0 saturated carbocycles. The summed E-state index contributed by atoms with van der Waals surface area (Å²) in [4.78, 5) is 16.3. The minimum atomic E-state index is -0.293. The van der Waals surface area contributed by atoms with E-state index in [0.717, 1.165) is 27.2 Å². The van der Waals surface area contributed by atoms with Crippen LogP contribution in [0.15, 0.2) is 29.3 Å². The first-order chi connectivity index (χ1) is 12.1. The summed E-state index contributed by atoms with van der Waals surface area (Å²) in [7, 11) is 0. The number of carbonyl (C=O) groups excluding carboxylic acids is 1. The van der Waals surface area contributed by atoms with Gasteiger partial charge in [0.2, 0.25) is 5.91 Å².